The minimum atomic E-state index is -4.16. The van der Waals surface area contributed by atoms with E-state index in [1.165, 1.54) is 17.0 Å². The highest BCUT2D eigenvalue weighted by atomic mass is 35.5. The zero-order valence-corrected chi connectivity index (χ0v) is 23.0. The number of amides is 2. The SMILES string of the molecule is Cc1ccc(S(=O)(=O)N(CC(=O)N(Cc2ccccc2)[C@@H](C)C(=O)NC(C)C)c2ccccc2Cl)cc1. The third-order valence-electron chi connectivity index (χ3n) is 5.80. The van der Waals surface area contributed by atoms with Gasteiger partial charge in [-0.15, -0.1) is 0 Å². The number of anilines is 1. The van der Waals surface area contributed by atoms with E-state index in [4.69, 9.17) is 11.6 Å². The average Bonchev–Trinajstić information content (AvgIpc) is 2.86. The van der Waals surface area contributed by atoms with Gasteiger partial charge >= 0.3 is 0 Å². The predicted molar refractivity (Wildman–Crippen MR) is 147 cm³/mol. The summed E-state index contributed by atoms with van der Waals surface area (Å²) in [4.78, 5) is 28.1. The molecule has 0 aliphatic rings. The Kier molecular flexibility index (Phi) is 9.34. The first kappa shape index (κ1) is 28.2. The number of para-hydroxylation sites is 1. The second-order valence-corrected chi connectivity index (χ2v) is 11.4. The summed E-state index contributed by atoms with van der Waals surface area (Å²) in [5.41, 5.74) is 1.89. The second kappa shape index (κ2) is 12.3. The number of benzene rings is 3. The molecule has 2 amide bonds. The third-order valence-corrected chi connectivity index (χ3v) is 7.90. The molecule has 1 N–H and O–H groups in total. The highest BCUT2D eigenvalue weighted by Crippen LogP contribution is 2.30. The number of sulfonamides is 1. The standard InChI is InChI=1S/C28H32ClN3O4S/c1-20(2)30-28(34)22(4)31(18-23-10-6-5-7-11-23)27(33)19-32(26-13-9-8-12-25(26)29)37(35,36)24-16-14-21(3)15-17-24/h5-17,20,22H,18-19H2,1-4H3,(H,30,34)/t22-/m0/s1. The van der Waals surface area contributed by atoms with Crippen molar-refractivity contribution < 1.29 is 18.0 Å². The summed E-state index contributed by atoms with van der Waals surface area (Å²) < 4.78 is 28.6. The van der Waals surface area contributed by atoms with E-state index >= 15 is 0 Å². The van der Waals surface area contributed by atoms with Gasteiger partial charge in [-0.3, -0.25) is 13.9 Å². The summed E-state index contributed by atoms with van der Waals surface area (Å²) in [5, 5.41) is 3.02. The van der Waals surface area contributed by atoms with Crippen LogP contribution in [0.2, 0.25) is 5.02 Å². The number of hydrogen-bond donors (Lipinski definition) is 1. The van der Waals surface area contributed by atoms with Gasteiger partial charge in [-0.25, -0.2) is 8.42 Å². The molecule has 0 spiro atoms. The number of aryl methyl sites for hydroxylation is 1. The van der Waals surface area contributed by atoms with Crippen LogP contribution in [0.3, 0.4) is 0 Å². The Morgan fingerprint density at radius 1 is 0.892 bits per heavy atom. The Morgan fingerprint density at radius 2 is 1.49 bits per heavy atom. The van der Waals surface area contributed by atoms with Crippen LogP contribution in [0.1, 0.15) is 31.9 Å². The van der Waals surface area contributed by atoms with E-state index < -0.39 is 28.5 Å². The van der Waals surface area contributed by atoms with Crippen molar-refractivity contribution in [1.82, 2.24) is 10.2 Å². The van der Waals surface area contributed by atoms with Gasteiger partial charge in [0.15, 0.2) is 0 Å². The third kappa shape index (κ3) is 7.11. The van der Waals surface area contributed by atoms with Crippen LogP contribution in [0.15, 0.2) is 83.8 Å². The Hall–Kier alpha value is -3.36. The van der Waals surface area contributed by atoms with Crippen molar-refractivity contribution in [3.8, 4) is 0 Å². The largest absolute Gasteiger partial charge is 0.352 e. The van der Waals surface area contributed by atoms with E-state index in [1.807, 2.05) is 51.1 Å². The van der Waals surface area contributed by atoms with Gasteiger partial charge in [0.1, 0.15) is 12.6 Å². The van der Waals surface area contributed by atoms with Gasteiger partial charge < -0.3 is 10.2 Å². The molecule has 0 aromatic heterocycles. The Labute approximate surface area is 224 Å². The molecular weight excluding hydrogens is 510 g/mol. The summed E-state index contributed by atoms with van der Waals surface area (Å²) in [7, 11) is -4.16. The van der Waals surface area contributed by atoms with E-state index in [1.54, 1.807) is 43.3 Å². The molecule has 7 nitrogen and oxygen atoms in total. The van der Waals surface area contributed by atoms with Gasteiger partial charge in [0.25, 0.3) is 10.0 Å². The minimum absolute atomic E-state index is 0.0334. The van der Waals surface area contributed by atoms with Gasteiger partial charge in [-0.2, -0.15) is 0 Å². The predicted octanol–water partition coefficient (Wildman–Crippen LogP) is 4.79. The van der Waals surface area contributed by atoms with Crippen molar-refractivity contribution in [1.29, 1.82) is 0 Å². The van der Waals surface area contributed by atoms with Crippen molar-refractivity contribution in [2.75, 3.05) is 10.8 Å². The van der Waals surface area contributed by atoms with Crippen molar-refractivity contribution in [2.24, 2.45) is 0 Å². The molecule has 0 radical (unpaired) electrons. The maximum Gasteiger partial charge on any atom is 0.264 e. The molecule has 0 saturated carbocycles. The molecule has 0 saturated heterocycles. The van der Waals surface area contributed by atoms with Crippen molar-refractivity contribution >= 4 is 39.1 Å². The van der Waals surface area contributed by atoms with Gasteiger partial charge in [0, 0.05) is 12.6 Å². The van der Waals surface area contributed by atoms with Gasteiger partial charge in [0.2, 0.25) is 11.8 Å². The lowest BCUT2D eigenvalue weighted by atomic mass is 10.1. The summed E-state index contributed by atoms with van der Waals surface area (Å²) in [6.07, 6.45) is 0. The normalized spacial score (nSPS) is 12.2. The van der Waals surface area contributed by atoms with Crippen LogP contribution in [0.4, 0.5) is 5.69 Å². The van der Waals surface area contributed by atoms with Crippen LogP contribution in [-0.2, 0) is 26.2 Å². The summed E-state index contributed by atoms with van der Waals surface area (Å²) in [6, 6.07) is 21.1. The average molecular weight is 542 g/mol. The highest BCUT2D eigenvalue weighted by molar-refractivity contribution is 7.92. The quantitative estimate of drug-likeness (QED) is 0.400. The number of carbonyl (C=O) groups excluding carboxylic acids is 2. The van der Waals surface area contributed by atoms with E-state index in [2.05, 4.69) is 5.32 Å². The molecule has 0 aliphatic heterocycles. The topological polar surface area (TPSA) is 86.8 Å². The van der Waals surface area contributed by atoms with Gasteiger partial charge in [-0.05, 0) is 57.5 Å². The molecule has 1 atom stereocenters. The van der Waals surface area contributed by atoms with Crippen LogP contribution in [0.5, 0.6) is 0 Å². The number of nitrogens with zero attached hydrogens (tertiary/aromatic N) is 2. The maximum absolute atomic E-state index is 13.8. The van der Waals surface area contributed by atoms with Crippen molar-refractivity contribution in [3.63, 3.8) is 0 Å². The van der Waals surface area contributed by atoms with E-state index in [-0.39, 0.29) is 34.1 Å². The van der Waals surface area contributed by atoms with Crippen LogP contribution >= 0.6 is 11.6 Å². The maximum atomic E-state index is 13.8. The molecule has 3 rings (SSSR count). The van der Waals surface area contributed by atoms with Crippen molar-refractivity contribution in [3.05, 3.63) is 95.0 Å². The van der Waals surface area contributed by atoms with E-state index in [0.717, 1.165) is 15.4 Å². The number of rotatable bonds is 10. The monoisotopic (exact) mass is 541 g/mol. The molecule has 196 valence electrons. The summed E-state index contributed by atoms with van der Waals surface area (Å²) >= 11 is 6.41. The van der Waals surface area contributed by atoms with E-state index in [9.17, 15) is 18.0 Å². The lowest BCUT2D eigenvalue weighted by molar-refractivity contribution is -0.139. The minimum Gasteiger partial charge on any atom is -0.352 e. The summed E-state index contributed by atoms with van der Waals surface area (Å²) in [6.45, 7) is 6.76. The highest BCUT2D eigenvalue weighted by Gasteiger charge is 2.33. The lowest BCUT2D eigenvalue weighted by Crippen LogP contribution is -2.52. The first-order chi connectivity index (χ1) is 17.5. The van der Waals surface area contributed by atoms with Crippen LogP contribution < -0.4 is 9.62 Å². The Bertz CT molecular complexity index is 1330. The fourth-order valence-corrected chi connectivity index (χ4v) is 5.49. The number of carbonyl (C=O) groups is 2. The molecule has 9 heteroatoms. The lowest BCUT2D eigenvalue weighted by Gasteiger charge is -2.32. The smallest absolute Gasteiger partial charge is 0.264 e. The molecule has 0 bridgehead atoms. The molecule has 0 heterocycles. The van der Waals surface area contributed by atoms with E-state index in [0.29, 0.717) is 0 Å². The fraction of sp³-hybridized carbons (Fsp3) is 0.286. The molecule has 37 heavy (non-hydrogen) atoms. The molecule has 3 aromatic carbocycles. The molecular formula is C28H32ClN3O4S. The molecule has 0 unspecified atom stereocenters. The van der Waals surface area contributed by atoms with Crippen LogP contribution in [0, 0.1) is 6.92 Å². The molecule has 0 aliphatic carbocycles. The van der Waals surface area contributed by atoms with Crippen LogP contribution in [0.25, 0.3) is 0 Å². The Morgan fingerprint density at radius 3 is 2.08 bits per heavy atom. The Balaban J connectivity index is 2.03. The number of halogens is 1. The van der Waals surface area contributed by atoms with Gasteiger partial charge in [-0.1, -0.05) is 71.8 Å². The van der Waals surface area contributed by atoms with Gasteiger partial charge in [0.05, 0.1) is 15.6 Å². The number of nitrogens with one attached hydrogen (secondary N) is 1. The summed E-state index contributed by atoms with van der Waals surface area (Å²) in [5.74, 6) is -0.865. The first-order valence-corrected chi connectivity index (χ1v) is 13.8. The fourth-order valence-electron chi connectivity index (χ4n) is 3.77. The zero-order chi connectivity index (χ0) is 27.2. The zero-order valence-electron chi connectivity index (χ0n) is 21.4. The first-order valence-electron chi connectivity index (χ1n) is 12.0. The molecule has 0 fully saturated rings. The molecule has 3 aromatic rings. The number of hydrogen-bond acceptors (Lipinski definition) is 4. The second-order valence-electron chi connectivity index (χ2n) is 9.12. The van der Waals surface area contributed by atoms with Crippen molar-refractivity contribution in [2.45, 2.75) is 51.2 Å². The van der Waals surface area contributed by atoms with Crippen LogP contribution in [-0.4, -0.2) is 43.8 Å².